The summed E-state index contributed by atoms with van der Waals surface area (Å²) in [4.78, 5) is 0. The zero-order chi connectivity index (χ0) is 17.3. The maximum Gasteiger partial charge on any atom is -1.00 e. The summed E-state index contributed by atoms with van der Waals surface area (Å²) >= 11 is 0.430. The Morgan fingerprint density at radius 1 is 0.962 bits per heavy atom. The van der Waals surface area contributed by atoms with E-state index in [1.165, 1.54) is 10.0 Å². The van der Waals surface area contributed by atoms with Gasteiger partial charge >= 0.3 is 156 Å². The largest absolute Gasteiger partial charge is 1.00 e. The van der Waals surface area contributed by atoms with Crippen molar-refractivity contribution in [2.45, 2.75) is 49.7 Å². The van der Waals surface area contributed by atoms with Gasteiger partial charge in [-0.25, -0.2) is 0 Å². The van der Waals surface area contributed by atoms with Gasteiger partial charge in [0.15, 0.2) is 0 Å². The third-order valence-corrected chi connectivity index (χ3v) is 7.02. The van der Waals surface area contributed by atoms with Crippen LogP contribution >= 0.6 is 0 Å². The van der Waals surface area contributed by atoms with E-state index in [1.807, 2.05) is 13.8 Å². The van der Waals surface area contributed by atoms with Gasteiger partial charge in [-0.05, 0) is 0 Å². The molecule has 0 radical (unpaired) electrons. The van der Waals surface area contributed by atoms with Crippen LogP contribution < -0.4 is 21.4 Å². The predicted molar refractivity (Wildman–Crippen MR) is 101 cm³/mol. The number of benzene rings is 2. The Bertz CT molecular complexity index is 751. The van der Waals surface area contributed by atoms with Crippen molar-refractivity contribution in [1.29, 1.82) is 0 Å². The van der Waals surface area contributed by atoms with Crippen LogP contribution in [0.1, 0.15) is 19.4 Å². The van der Waals surface area contributed by atoms with E-state index in [1.54, 1.807) is 0 Å². The Morgan fingerprint density at radius 3 is 2.31 bits per heavy atom. The number of nitrogens with zero attached hydrogens (tertiary/aromatic N) is 1. The van der Waals surface area contributed by atoms with Crippen LogP contribution in [0.15, 0.2) is 60.7 Å². The van der Waals surface area contributed by atoms with Crippen molar-refractivity contribution in [3.05, 3.63) is 66.2 Å². The van der Waals surface area contributed by atoms with E-state index >= 15 is 0 Å². The van der Waals surface area contributed by atoms with Gasteiger partial charge < -0.3 is 17.0 Å². The smallest absolute Gasteiger partial charge is 1.00 e. The van der Waals surface area contributed by atoms with Gasteiger partial charge in [0.1, 0.15) is 0 Å². The number of ether oxygens (including phenoxy) is 2. The minimum absolute atomic E-state index is 0. The van der Waals surface area contributed by atoms with Gasteiger partial charge in [-0.3, -0.25) is 0 Å². The summed E-state index contributed by atoms with van der Waals surface area (Å²) in [7, 11) is 0. The van der Waals surface area contributed by atoms with Crippen LogP contribution in [0.4, 0.5) is 0 Å². The molecule has 0 bridgehead atoms. The van der Waals surface area contributed by atoms with Crippen LogP contribution in [0.25, 0.3) is 0 Å². The summed E-state index contributed by atoms with van der Waals surface area (Å²) in [6.45, 7) is 4.94. The molecule has 2 aliphatic heterocycles. The molecular weight excluding hydrogens is 457 g/mol. The summed E-state index contributed by atoms with van der Waals surface area (Å²) in [5, 5.41) is 1.13. The third-order valence-electron chi connectivity index (χ3n) is 4.68. The molecule has 3 atom stereocenters. The summed E-state index contributed by atoms with van der Waals surface area (Å²) < 4.78 is 16.2. The Morgan fingerprint density at radius 2 is 1.62 bits per heavy atom. The second kappa shape index (κ2) is 8.37. The van der Waals surface area contributed by atoms with E-state index < -0.39 is 5.79 Å². The second-order valence-electron chi connectivity index (χ2n) is 7.06. The fraction of sp³-hybridized carbons (Fsp3) is 0.381. The zero-order valence-corrected chi connectivity index (χ0v) is 18.3. The SMILES string of the molecule is CC1(C)O[C@H]2C=[N+](Cc3ccccc3)C(C[Se]c3ccccc3)[C@H]2O1.[Br-]. The Kier molecular flexibility index (Phi) is 6.37. The molecule has 3 nitrogen and oxygen atoms in total. The quantitative estimate of drug-likeness (QED) is 0.430. The Labute approximate surface area is 172 Å². The first-order valence-corrected chi connectivity index (χ1v) is 10.9. The van der Waals surface area contributed by atoms with Gasteiger partial charge in [-0.2, -0.15) is 0 Å². The second-order valence-corrected chi connectivity index (χ2v) is 9.36. The molecule has 4 rings (SSSR count). The van der Waals surface area contributed by atoms with Crippen LogP contribution in [-0.2, 0) is 16.0 Å². The first-order valence-electron chi connectivity index (χ1n) is 8.79. The average Bonchev–Trinajstić information content (AvgIpc) is 3.06. The van der Waals surface area contributed by atoms with Crippen molar-refractivity contribution >= 4 is 25.6 Å². The summed E-state index contributed by atoms with van der Waals surface area (Å²) in [5.74, 6) is -0.483. The molecule has 0 spiro atoms. The van der Waals surface area contributed by atoms with Gasteiger partial charge in [0.05, 0.1) is 0 Å². The number of rotatable bonds is 5. The van der Waals surface area contributed by atoms with E-state index in [-0.39, 0.29) is 29.2 Å². The van der Waals surface area contributed by atoms with Gasteiger partial charge in [0.2, 0.25) is 0 Å². The molecule has 0 amide bonds. The molecule has 5 heteroatoms. The van der Waals surface area contributed by atoms with Gasteiger partial charge in [0, 0.05) is 0 Å². The van der Waals surface area contributed by atoms with Crippen LogP contribution in [0.2, 0.25) is 5.32 Å². The number of hydrogen-bond acceptors (Lipinski definition) is 2. The predicted octanol–water partition coefficient (Wildman–Crippen LogP) is -0.376. The van der Waals surface area contributed by atoms with Crippen LogP contribution in [-0.4, -0.2) is 49.8 Å². The van der Waals surface area contributed by atoms with Crippen molar-refractivity contribution in [3.63, 3.8) is 0 Å². The molecule has 1 saturated heterocycles. The van der Waals surface area contributed by atoms with E-state index in [4.69, 9.17) is 9.47 Å². The van der Waals surface area contributed by atoms with E-state index in [0.717, 1.165) is 11.9 Å². The molecular formula is C21H24BrNO2Se. The van der Waals surface area contributed by atoms with Crippen LogP contribution in [0.5, 0.6) is 0 Å². The van der Waals surface area contributed by atoms with Crippen molar-refractivity contribution < 1.29 is 31.0 Å². The van der Waals surface area contributed by atoms with Gasteiger partial charge in [-0.1, -0.05) is 0 Å². The topological polar surface area (TPSA) is 21.5 Å². The molecule has 2 aromatic rings. The molecule has 2 aromatic carbocycles. The third kappa shape index (κ3) is 4.47. The average molecular weight is 481 g/mol. The minimum atomic E-state index is -0.483. The first kappa shape index (κ1) is 19.8. The number of hydrogen-bond donors (Lipinski definition) is 0. The summed E-state index contributed by atoms with van der Waals surface area (Å²) in [5.41, 5.74) is 1.33. The fourth-order valence-corrected chi connectivity index (χ4v) is 5.87. The van der Waals surface area contributed by atoms with Crippen molar-refractivity contribution in [1.82, 2.24) is 0 Å². The Balaban J connectivity index is 0.00000196. The molecule has 0 N–H and O–H groups in total. The normalized spacial score (nSPS) is 26.1. The maximum absolute atomic E-state index is 6.26. The molecule has 26 heavy (non-hydrogen) atoms. The molecule has 2 aliphatic rings. The standard InChI is InChI=1S/C21H24NO2Se.BrH/c1-21(2)23-19-14-22(13-16-9-5-3-6-10-16)18(20(19)24-21)15-25-17-11-7-4-8-12-17;/h3-12,14,18-20H,13,15H2,1-2H3;1H/q+1;/p-1/t18?,19-,20+;/m0./s1. The van der Waals surface area contributed by atoms with Gasteiger partial charge in [0.25, 0.3) is 0 Å². The maximum atomic E-state index is 6.26. The van der Waals surface area contributed by atoms with E-state index in [0.29, 0.717) is 21.0 Å². The molecule has 2 heterocycles. The molecule has 0 aliphatic carbocycles. The van der Waals surface area contributed by atoms with Crippen molar-refractivity contribution in [3.8, 4) is 0 Å². The summed E-state index contributed by atoms with van der Waals surface area (Å²) in [6.07, 6.45) is 2.44. The molecule has 0 aromatic heterocycles. The molecule has 1 fully saturated rings. The molecule has 0 saturated carbocycles. The van der Waals surface area contributed by atoms with Crippen LogP contribution in [0, 0.1) is 0 Å². The Hall–Kier alpha value is -0.971. The molecule has 138 valence electrons. The molecule has 1 unspecified atom stereocenters. The first-order chi connectivity index (χ1) is 12.1. The van der Waals surface area contributed by atoms with E-state index in [9.17, 15) is 0 Å². The van der Waals surface area contributed by atoms with Crippen molar-refractivity contribution in [2.24, 2.45) is 0 Å². The fourth-order valence-electron chi connectivity index (χ4n) is 3.57. The van der Waals surface area contributed by atoms with Crippen molar-refractivity contribution in [2.75, 3.05) is 0 Å². The van der Waals surface area contributed by atoms with E-state index in [2.05, 4.69) is 71.5 Å². The van der Waals surface area contributed by atoms with Crippen LogP contribution in [0.3, 0.4) is 0 Å². The monoisotopic (exact) mass is 481 g/mol. The number of halogens is 1. The zero-order valence-electron chi connectivity index (χ0n) is 15.0. The number of fused-ring (bicyclic) bond motifs is 1. The summed E-state index contributed by atoms with van der Waals surface area (Å²) in [6, 6.07) is 21.8. The van der Waals surface area contributed by atoms with Gasteiger partial charge in [-0.15, -0.1) is 0 Å². The minimum Gasteiger partial charge on any atom is -1.00 e.